The van der Waals surface area contributed by atoms with E-state index in [0.29, 0.717) is 5.65 Å². The molecule has 0 aliphatic carbocycles. The number of imidazole rings is 1. The van der Waals surface area contributed by atoms with Gasteiger partial charge in [0.1, 0.15) is 5.65 Å². The molecule has 0 radical (unpaired) electrons. The Morgan fingerprint density at radius 3 is 2.80 bits per heavy atom. The first-order valence-electron chi connectivity index (χ1n) is 3.97. The van der Waals surface area contributed by atoms with Gasteiger partial charge in [-0.3, -0.25) is 4.40 Å². The lowest BCUT2D eigenvalue weighted by Crippen LogP contribution is -2.00. The van der Waals surface area contributed by atoms with Crippen LogP contribution in [0, 0.1) is 12.9 Å². The monoisotopic (exact) mass is 230 g/mol. The summed E-state index contributed by atoms with van der Waals surface area (Å²) in [6.45, 7) is 1.79. The number of fused-ring (bicyclic) bond motifs is 1. The van der Waals surface area contributed by atoms with Crippen LogP contribution in [0.25, 0.3) is 5.65 Å². The van der Waals surface area contributed by atoms with Gasteiger partial charge in [0.2, 0.25) is 11.6 Å². The molecule has 2 aromatic heterocycles. The topological polar surface area (TPSA) is 54.6 Å². The van der Waals surface area contributed by atoms with Gasteiger partial charge in [0.05, 0.1) is 0 Å². The van der Waals surface area contributed by atoms with Gasteiger partial charge in [-0.05, 0) is 18.6 Å². The molecule has 0 aliphatic heterocycles. The number of aromatic carboxylic acids is 1. The van der Waals surface area contributed by atoms with Crippen LogP contribution in [0.15, 0.2) is 18.3 Å². The molecule has 2 heterocycles. The molecule has 2 aromatic rings. The van der Waals surface area contributed by atoms with E-state index in [2.05, 4.69) is 4.98 Å². The predicted octanol–water partition coefficient (Wildman–Crippen LogP) is 1.90. The Balaban J connectivity index is 0.00000112. The van der Waals surface area contributed by atoms with E-state index in [4.69, 9.17) is 5.11 Å². The number of aromatic nitrogens is 2. The molecule has 0 amide bonds. The average molecular weight is 231 g/mol. The Kier molecular flexibility index (Phi) is 2.95. The molecular formula is C9H8ClFN2O2. The highest BCUT2D eigenvalue weighted by Crippen LogP contribution is 2.12. The normalized spacial score (nSPS) is 10.0. The molecule has 0 bridgehead atoms. The molecule has 0 unspecified atom stereocenters. The van der Waals surface area contributed by atoms with Crippen LogP contribution in [0.1, 0.15) is 16.1 Å². The fraction of sp³-hybridized carbons (Fsp3) is 0.111. The van der Waals surface area contributed by atoms with Gasteiger partial charge in [0.25, 0.3) is 0 Å². The third-order valence-corrected chi connectivity index (χ3v) is 1.91. The minimum Gasteiger partial charge on any atom is -0.476 e. The van der Waals surface area contributed by atoms with E-state index in [1.807, 2.05) is 0 Å². The van der Waals surface area contributed by atoms with Crippen LogP contribution in [0.3, 0.4) is 0 Å². The third-order valence-electron chi connectivity index (χ3n) is 1.91. The van der Waals surface area contributed by atoms with Crippen molar-refractivity contribution in [2.24, 2.45) is 0 Å². The van der Waals surface area contributed by atoms with Crippen molar-refractivity contribution in [1.82, 2.24) is 9.38 Å². The largest absolute Gasteiger partial charge is 0.476 e. The SMILES string of the molecule is Cc1ccc2nc(C(=O)O)c(F)n2c1.Cl. The van der Waals surface area contributed by atoms with Crippen LogP contribution >= 0.6 is 12.4 Å². The van der Waals surface area contributed by atoms with Gasteiger partial charge in [-0.15, -0.1) is 12.4 Å². The van der Waals surface area contributed by atoms with Crippen molar-refractivity contribution in [2.45, 2.75) is 6.92 Å². The van der Waals surface area contributed by atoms with Crippen molar-refractivity contribution >= 4 is 24.0 Å². The van der Waals surface area contributed by atoms with Crippen molar-refractivity contribution in [2.75, 3.05) is 0 Å². The van der Waals surface area contributed by atoms with E-state index < -0.39 is 17.6 Å². The minimum atomic E-state index is -1.36. The summed E-state index contributed by atoms with van der Waals surface area (Å²) in [5.41, 5.74) is 0.590. The fourth-order valence-electron chi connectivity index (χ4n) is 1.26. The highest BCUT2D eigenvalue weighted by molar-refractivity contribution is 5.86. The van der Waals surface area contributed by atoms with Crippen LogP contribution in [0.5, 0.6) is 0 Å². The van der Waals surface area contributed by atoms with Crippen LogP contribution in [0.2, 0.25) is 0 Å². The van der Waals surface area contributed by atoms with Crippen molar-refractivity contribution < 1.29 is 14.3 Å². The molecule has 0 saturated heterocycles. The molecule has 0 aliphatic rings. The number of carboxylic acids is 1. The van der Waals surface area contributed by atoms with E-state index in [1.54, 1.807) is 19.1 Å². The van der Waals surface area contributed by atoms with Gasteiger partial charge in [-0.25, -0.2) is 9.78 Å². The maximum Gasteiger partial charge on any atom is 0.359 e. The fourth-order valence-corrected chi connectivity index (χ4v) is 1.26. The summed E-state index contributed by atoms with van der Waals surface area (Å²) in [5.74, 6) is -2.19. The van der Waals surface area contributed by atoms with Crippen LogP contribution in [-0.4, -0.2) is 20.5 Å². The van der Waals surface area contributed by atoms with Gasteiger partial charge in [-0.2, -0.15) is 4.39 Å². The van der Waals surface area contributed by atoms with Crippen molar-refractivity contribution in [3.63, 3.8) is 0 Å². The van der Waals surface area contributed by atoms with E-state index in [1.165, 1.54) is 6.20 Å². The summed E-state index contributed by atoms with van der Waals surface area (Å²) >= 11 is 0. The first kappa shape index (κ1) is 11.5. The third kappa shape index (κ3) is 1.78. The minimum absolute atomic E-state index is 0. The molecule has 0 saturated carbocycles. The summed E-state index contributed by atoms with van der Waals surface area (Å²) in [6.07, 6.45) is 1.50. The van der Waals surface area contributed by atoms with Gasteiger partial charge >= 0.3 is 5.97 Å². The Labute approximate surface area is 90.8 Å². The summed E-state index contributed by atoms with van der Waals surface area (Å²) in [5, 5.41) is 8.62. The summed E-state index contributed by atoms with van der Waals surface area (Å²) < 4.78 is 14.5. The number of hydrogen-bond acceptors (Lipinski definition) is 2. The van der Waals surface area contributed by atoms with Crippen molar-refractivity contribution in [1.29, 1.82) is 0 Å². The molecular weight excluding hydrogens is 223 g/mol. The van der Waals surface area contributed by atoms with Gasteiger partial charge in [0.15, 0.2) is 0 Å². The highest BCUT2D eigenvalue weighted by atomic mass is 35.5. The Hall–Kier alpha value is -1.62. The highest BCUT2D eigenvalue weighted by Gasteiger charge is 2.17. The summed E-state index contributed by atoms with van der Waals surface area (Å²) in [7, 11) is 0. The second kappa shape index (κ2) is 3.86. The number of halogens is 2. The first-order valence-corrected chi connectivity index (χ1v) is 3.97. The number of pyridine rings is 1. The van der Waals surface area contributed by atoms with E-state index in [-0.39, 0.29) is 12.4 Å². The predicted molar refractivity (Wildman–Crippen MR) is 54.1 cm³/mol. The maximum absolute atomic E-state index is 13.4. The molecule has 6 heteroatoms. The lowest BCUT2D eigenvalue weighted by Gasteiger charge is -1.94. The maximum atomic E-state index is 13.4. The smallest absolute Gasteiger partial charge is 0.359 e. The van der Waals surface area contributed by atoms with E-state index in [0.717, 1.165) is 9.96 Å². The second-order valence-corrected chi connectivity index (χ2v) is 2.99. The molecule has 0 fully saturated rings. The molecule has 1 N–H and O–H groups in total. The molecule has 0 atom stereocenters. The standard InChI is InChI=1S/C9H7FN2O2.ClH/c1-5-2-3-6-11-7(9(13)14)8(10)12(6)4-5;/h2-4H,1H3,(H,13,14);1H. The van der Waals surface area contributed by atoms with Crippen LogP contribution in [0.4, 0.5) is 4.39 Å². The lowest BCUT2D eigenvalue weighted by molar-refractivity contribution is 0.0685. The Morgan fingerprint density at radius 1 is 1.53 bits per heavy atom. The molecule has 0 aromatic carbocycles. The Morgan fingerprint density at radius 2 is 2.20 bits per heavy atom. The number of nitrogens with zero attached hydrogens (tertiary/aromatic N) is 2. The molecule has 2 rings (SSSR count). The number of carboxylic acid groups (broad SMARTS) is 1. The Bertz CT molecular complexity index is 524. The van der Waals surface area contributed by atoms with Crippen LogP contribution in [-0.2, 0) is 0 Å². The zero-order valence-electron chi connectivity index (χ0n) is 7.77. The van der Waals surface area contributed by atoms with Gasteiger partial charge in [-0.1, -0.05) is 6.07 Å². The summed E-state index contributed by atoms with van der Waals surface area (Å²) in [4.78, 5) is 14.2. The molecule has 15 heavy (non-hydrogen) atoms. The average Bonchev–Trinajstić information content (AvgIpc) is 2.44. The quantitative estimate of drug-likeness (QED) is 0.814. The second-order valence-electron chi connectivity index (χ2n) is 2.99. The lowest BCUT2D eigenvalue weighted by atomic mass is 10.3. The van der Waals surface area contributed by atoms with Gasteiger partial charge in [0, 0.05) is 6.20 Å². The molecule has 4 nitrogen and oxygen atoms in total. The zero-order chi connectivity index (χ0) is 10.3. The van der Waals surface area contributed by atoms with Crippen molar-refractivity contribution in [3.05, 3.63) is 35.5 Å². The summed E-state index contributed by atoms with van der Waals surface area (Å²) in [6, 6.07) is 3.32. The first-order chi connectivity index (χ1) is 6.59. The zero-order valence-corrected chi connectivity index (χ0v) is 8.58. The number of aryl methyl sites for hydroxylation is 1. The van der Waals surface area contributed by atoms with E-state index in [9.17, 15) is 9.18 Å². The van der Waals surface area contributed by atoms with Gasteiger partial charge < -0.3 is 5.11 Å². The number of rotatable bonds is 1. The number of hydrogen-bond donors (Lipinski definition) is 1. The molecule has 80 valence electrons. The van der Waals surface area contributed by atoms with Crippen molar-refractivity contribution in [3.8, 4) is 0 Å². The number of carbonyl (C=O) groups is 1. The van der Waals surface area contributed by atoms with Crippen LogP contribution < -0.4 is 0 Å². The van der Waals surface area contributed by atoms with E-state index >= 15 is 0 Å². The molecule has 0 spiro atoms.